The van der Waals surface area contributed by atoms with Crippen molar-refractivity contribution in [2.75, 3.05) is 0 Å². The Kier molecular flexibility index (Phi) is 4.34. The number of pyridine rings is 1. The lowest BCUT2D eigenvalue weighted by Gasteiger charge is -2.10. The van der Waals surface area contributed by atoms with E-state index >= 15 is 0 Å². The Labute approximate surface area is 141 Å². The van der Waals surface area contributed by atoms with E-state index in [1.165, 1.54) is 12.1 Å². The van der Waals surface area contributed by atoms with Crippen molar-refractivity contribution in [2.45, 2.75) is 6.18 Å². The summed E-state index contributed by atoms with van der Waals surface area (Å²) >= 11 is 5.57. The Balaban J connectivity index is 2.04. The van der Waals surface area contributed by atoms with E-state index in [9.17, 15) is 22.0 Å². The molecular weight excluding hydrogens is 371 g/mol. The van der Waals surface area contributed by atoms with E-state index < -0.39 is 40.9 Å². The maximum Gasteiger partial charge on any atom is 0.451 e. The lowest BCUT2D eigenvalue weighted by atomic mass is 10.2. The molecule has 4 nitrogen and oxygen atoms in total. The molecule has 2 heterocycles. The molecule has 0 unspecified atom stereocenters. The van der Waals surface area contributed by atoms with E-state index in [-0.39, 0.29) is 10.8 Å². The van der Waals surface area contributed by atoms with Crippen LogP contribution in [-0.2, 0) is 6.18 Å². The van der Waals surface area contributed by atoms with Gasteiger partial charge in [0.2, 0.25) is 11.7 Å². The van der Waals surface area contributed by atoms with E-state index in [1.54, 1.807) is 0 Å². The van der Waals surface area contributed by atoms with Crippen molar-refractivity contribution in [3.05, 3.63) is 59.1 Å². The van der Waals surface area contributed by atoms with Gasteiger partial charge in [-0.1, -0.05) is 17.7 Å². The van der Waals surface area contributed by atoms with Gasteiger partial charge < -0.3 is 9.15 Å². The normalized spacial score (nSPS) is 11.6. The van der Waals surface area contributed by atoms with Gasteiger partial charge >= 0.3 is 6.18 Å². The van der Waals surface area contributed by atoms with Crippen LogP contribution in [0, 0.1) is 11.6 Å². The van der Waals surface area contributed by atoms with Crippen molar-refractivity contribution in [1.29, 1.82) is 0 Å². The number of aromatic nitrogens is 2. The maximum atomic E-state index is 14.1. The highest BCUT2D eigenvalue weighted by Crippen LogP contribution is 2.38. The molecule has 0 bridgehead atoms. The summed E-state index contributed by atoms with van der Waals surface area (Å²) in [5, 5.41) is 0.00633. The molecule has 10 heteroatoms. The number of hydrogen-bond acceptors (Lipinski definition) is 4. The van der Waals surface area contributed by atoms with E-state index in [0.29, 0.717) is 6.20 Å². The summed E-state index contributed by atoms with van der Waals surface area (Å²) in [5.41, 5.74) is -0.505. The summed E-state index contributed by atoms with van der Waals surface area (Å²) in [6.07, 6.45) is -3.29. The van der Waals surface area contributed by atoms with Crippen molar-refractivity contribution in [3.63, 3.8) is 0 Å². The zero-order valence-electron chi connectivity index (χ0n) is 11.9. The largest absolute Gasteiger partial charge is 0.451 e. The molecule has 1 aromatic carbocycles. The third kappa shape index (κ3) is 3.55. The number of hydrogen-bond donors (Lipinski definition) is 0. The van der Waals surface area contributed by atoms with Crippen molar-refractivity contribution >= 4 is 11.6 Å². The quantitative estimate of drug-likeness (QED) is 0.568. The van der Waals surface area contributed by atoms with Crippen LogP contribution in [0.15, 0.2) is 41.1 Å². The molecule has 3 rings (SSSR count). The van der Waals surface area contributed by atoms with E-state index in [2.05, 4.69) is 14.4 Å². The number of halogens is 6. The predicted octanol–water partition coefficient (Wildman–Crippen LogP) is 5.48. The number of alkyl halides is 3. The van der Waals surface area contributed by atoms with Crippen LogP contribution in [-0.4, -0.2) is 9.97 Å². The molecule has 130 valence electrons. The average molecular weight is 377 g/mol. The van der Waals surface area contributed by atoms with Crippen LogP contribution in [0.1, 0.15) is 5.76 Å². The molecule has 0 aliphatic rings. The number of ether oxygens (including phenoxy) is 1. The van der Waals surface area contributed by atoms with E-state index in [1.807, 2.05) is 0 Å². The summed E-state index contributed by atoms with van der Waals surface area (Å²) in [6, 6.07) is 4.29. The van der Waals surface area contributed by atoms with Crippen LogP contribution in [0.25, 0.3) is 11.5 Å². The van der Waals surface area contributed by atoms with E-state index in [4.69, 9.17) is 16.3 Å². The Morgan fingerprint density at radius 3 is 2.44 bits per heavy atom. The molecule has 0 aliphatic carbocycles. The fraction of sp³-hybridized carbons (Fsp3) is 0.0667. The lowest BCUT2D eigenvalue weighted by Crippen LogP contribution is -2.02. The summed E-state index contributed by atoms with van der Waals surface area (Å²) in [7, 11) is 0. The highest BCUT2D eigenvalue weighted by molar-refractivity contribution is 6.30. The molecule has 0 amide bonds. The van der Waals surface area contributed by atoms with Gasteiger partial charge in [-0.3, -0.25) is 0 Å². The Morgan fingerprint density at radius 2 is 1.80 bits per heavy atom. The summed E-state index contributed by atoms with van der Waals surface area (Å²) in [5.74, 6) is -4.86. The van der Waals surface area contributed by atoms with Gasteiger partial charge in [-0.2, -0.15) is 13.2 Å². The zero-order valence-corrected chi connectivity index (χ0v) is 12.7. The Bertz CT molecular complexity index is 927. The molecule has 0 N–H and O–H groups in total. The first-order valence-electron chi connectivity index (χ1n) is 6.56. The third-order valence-electron chi connectivity index (χ3n) is 2.96. The number of nitrogens with zero attached hydrogens (tertiary/aromatic N) is 2. The maximum absolute atomic E-state index is 14.1. The van der Waals surface area contributed by atoms with Gasteiger partial charge in [0.05, 0.1) is 11.2 Å². The van der Waals surface area contributed by atoms with Crippen LogP contribution in [0.4, 0.5) is 22.0 Å². The van der Waals surface area contributed by atoms with Crippen LogP contribution < -0.4 is 4.74 Å². The summed E-state index contributed by atoms with van der Waals surface area (Å²) in [4.78, 5) is 7.01. The molecule has 0 aliphatic heterocycles. The van der Waals surface area contributed by atoms with Crippen LogP contribution in [0.3, 0.4) is 0 Å². The Hall–Kier alpha value is -2.68. The molecule has 0 saturated carbocycles. The highest BCUT2D eigenvalue weighted by Gasteiger charge is 2.36. The molecule has 2 aromatic heterocycles. The molecular formula is C15H6ClF5N2O2. The predicted molar refractivity (Wildman–Crippen MR) is 76.2 cm³/mol. The number of benzene rings is 1. The zero-order chi connectivity index (χ0) is 18.2. The van der Waals surface area contributed by atoms with Gasteiger partial charge in [-0.25, -0.2) is 18.7 Å². The second kappa shape index (κ2) is 6.32. The molecule has 0 fully saturated rings. The smallest absolute Gasteiger partial charge is 0.436 e. The minimum Gasteiger partial charge on any atom is -0.436 e. The highest BCUT2D eigenvalue weighted by atomic mass is 35.5. The monoisotopic (exact) mass is 376 g/mol. The van der Waals surface area contributed by atoms with Crippen molar-refractivity contribution < 1.29 is 31.1 Å². The van der Waals surface area contributed by atoms with Crippen LogP contribution in [0.2, 0.25) is 5.02 Å². The Morgan fingerprint density at radius 1 is 1.04 bits per heavy atom. The van der Waals surface area contributed by atoms with Crippen LogP contribution >= 0.6 is 11.6 Å². The first-order valence-corrected chi connectivity index (χ1v) is 6.94. The first kappa shape index (κ1) is 17.2. The van der Waals surface area contributed by atoms with E-state index in [0.717, 1.165) is 18.3 Å². The van der Waals surface area contributed by atoms with Crippen LogP contribution in [0.5, 0.6) is 11.6 Å². The molecule has 0 spiro atoms. The van der Waals surface area contributed by atoms with Crippen molar-refractivity contribution in [1.82, 2.24) is 9.97 Å². The fourth-order valence-electron chi connectivity index (χ4n) is 1.90. The van der Waals surface area contributed by atoms with Gasteiger partial charge in [-0.15, -0.1) is 0 Å². The minimum absolute atomic E-state index is 0.00633. The van der Waals surface area contributed by atoms with Gasteiger partial charge in [-0.05, 0) is 18.2 Å². The summed E-state index contributed by atoms with van der Waals surface area (Å²) in [6.45, 7) is 0. The average Bonchev–Trinajstić information content (AvgIpc) is 3.00. The SMILES string of the molecule is Fc1cc(Cl)cnc1Oc1cccc(F)c1-c1ncc(C(F)(F)F)o1. The van der Waals surface area contributed by atoms with Crippen molar-refractivity contribution in [3.8, 4) is 23.1 Å². The third-order valence-corrected chi connectivity index (χ3v) is 3.16. The van der Waals surface area contributed by atoms with Gasteiger partial charge in [0.15, 0.2) is 5.82 Å². The van der Waals surface area contributed by atoms with Gasteiger partial charge in [0.1, 0.15) is 17.1 Å². The molecule has 3 aromatic rings. The molecule has 0 radical (unpaired) electrons. The standard InChI is InChI=1S/C15H6ClF5N2O2/c16-7-4-9(18)13(22-5-7)24-10-3-1-2-8(17)12(10)14-23-6-11(25-14)15(19,20)21/h1-6H. The lowest BCUT2D eigenvalue weighted by molar-refractivity contribution is -0.152. The van der Waals surface area contributed by atoms with Gasteiger partial charge in [0, 0.05) is 6.20 Å². The molecule has 0 atom stereocenters. The molecule has 25 heavy (non-hydrogen) atoms. The minimum atomic E-state index is -4.79. The van der Waals surface area contributed by atoms with Crippen molar-refractivity contribution in [2.24, 2.45) is 0 Å². The second-order valence-electron chi connectivity index (χ2n) is 4.68. The number of rotatable bonds is 3. The second-order valence-corrected chi connectivity index (χ2v) is 5.12. The first-order chi connectivity index (χ1) is 11.8. The molecule has 0 saturated heterocycles. The van der Waals surface area contributed by atoms with Gasteiger partial charge in [0.25, 0.3) is 5.88 Å². The fourth-order valence-corrected chi connectivity index (χ4v) is 2.04. The summed E-state index contributed by atoms with van der Waals surface area (Å²) < 4.78 is 75.5. The number of oxazole rings is 1. The topological polar surface area (TPSA) is 48.2 Å².